The summed E-state index contributed by atoms with van der Waals surface area (Å²) in [7, 11) is 0. The number of nitrogens with zero attached hydrogens (tertiary/aromatic N) is 2. The zero-order valence-corrected chi connectivity index (χ0v) is 14.7. The van der Waals surface area contributed by atoms with Crippen molar-refractivity contribution in [2.45, 2.75) is 44.6 Å². The second-order valence-corrected chi connectivity index (χ2v) is 6.62. The Kier molecular flexibility index (Phi) is 5.54. The number of H-pyrrole nitrogens is 1. The van der Waals surface area contributed by atoms with Gasteiger partial charge >= 0.3 is 11.7 Å². The van der Waals surface area contributed by atoms with Crippen molar-refractivity contribution in [1.29, 1.82) is 0 Å². The monoisotopic (exact) mass is 371 g/mol. The summed E-state index contributed by atoms with van der Waals surface area (Å²) in [5.41, 5.74) is -0.885. The summed E-state index contributed by atoms with van der Waals surface area (Å²) >= 11 is 0. The van der Waals surface area contributed by atoms with Crippen LogP contribution in [-0.2, 0) is 0 Å². The van der Waals surface area contributed by atoms with Crippen LogP contribution in [0.15, 0.2) is 38.8 Å². The highest BCUT2D eigenvalue weighted by molar-refractivity contribution is 5.88. The van der Waals surface area contributed by atoms with Crippen molar-refractivity contribution in [3.63, 3.8) is 0 Å². The highest BCUT2D eigenvalue weighted by atomic mass is 16.4. The van der Waals surface area contributed by atoms with E-state index < -0.39 is 17.2 Å². The van der Waals surface area contributed by atoms with E-state index in [1.807, 2.05) is 0 Å². The Morgan fingerprint density at radius 3 is 2.33 bits per heavy atom. The molecule has 0 spiro atoms. The minimum atomic E-state index is -1.05. The molecule has 0 unspecified atom stereocenters. The third-order valence-corrected chi connectivity index (χ3v) is 4.80. The Balaban J connectivity index is 1.95. The first kappa shape index (κ1) is 18.6. The van der Waals surface area contributed by atoms with E-state index in [0.717, 1.165) is 38.5 Å². The predicted molar refractivity (Wildman–Crippen MR) is 100 cm³/mol. The van der Waals surface area contributed by atoms with Crippen LogP contribution in [-0.4, -0.2) is 31.9 Å². The smallest absolute Gasteiger partial charge is 0.335 e. The maximum Gasteiger partial charge on any atom is 0.335 e. The third-order valence-electron chi connectivity index (χ3n) is 4.80. The number of aromatic amines is 1. The van der Waals surface area contributed by atoms with Crippen molar-refractivity contribution in [3.8, 4) is 5.88 Å². The molecule has 2 aromatic rings. The zero-order valence-electron chi connectivity index (χ0n) is 14.7. The third kappa shape index (κ3) is 4.16. The molecule has 8 heteroatoms. The van der Waals surface area contributed by atoms with Crippen molar-refractivity contribution in [2.75, 3.05) is 0 Å². The minimum Gasteiger partial charge on any atom is -0.494 e. The first-order valence-corrected chi connectivity index (χ1v) is 8.92. The second-order valence-electron chi connectivity index (χ2n) is 6.62. The molecule has 0 aliphatic heterocycles. The molecule has 1 aliphatic rings. The molecular formula is C19H21N3O5. The highest BCUT2D eigenvalue weighted by Gasteiger charge is 2.21. The quantitative estimate of drug-likeness (QED) is 0.563. The average molecular weight is 371 g/mol. The molecule has 0 atom stereocenters. The summed E-state index contributed by atoms with van der Waals surface area (Å²) in [5, 5.41) is 19.5. The number of carbonyl (C=O) groups is 1. The molecule has 3 rings (SSSR count). The van der Waals surface area contributed by atoms with Gasteiger partial charge in [-0.1, -0.05) is 25.7 Å². The molecule has 1 saturated carbocycles. The molecule has 0 radical (unpaired) electrons. The standard InChI is InChI=1S/C19H21N3O5/c23-16-15(11-20-13-9-7-12(8-10-13)18(25)26)17(24)22(19(27)21-16)14-5-3-1-2-4-6-14/h7-11,14,24H,1-6H2,(H,25,26)(H,21,23,27). The second kappa shape index (κ2) is 8.03. The summed E-state index contributed by atoms with van der Waals surface area (Å²) in [5.74, 6) is -1.43. The van der Waals surface area contributed by atoms with Crippen LogP contribution in [0.2, 0.25) is 0 Å². The van der Waals surface area contributed by atoms with Crippen LogP contribution < -0.4 is 11.2 Å². The summed E-state index contributed by atoms with van der Waals surface area (Å²) < 4.78 is 1.25. The molecular weight excluding hydrogens is 350 g/mol. The minimum absolute atomic E-state index is 0.0961. The van der Waals surface area contributed by atoms with Gasteiger partial charge in [-0.3, -0.25) is 19.3 Å². The number of benzene rings is 1. The van der Waals surface area contributed by atoms with Gasteiger partial charge < -0.3 is 10.2 Å². The molecule has 0 saturated heterocycles. The molecule has 1 aliphatic carbocycles. The van der Waals surface area contributed by atoms with E-state index >= 15 is 0 Å². The molecule has 0 amide bonds. The number of hydrogen-bond acceptors (Lipinski definition) is 5. The van der Waals surface area contributed by atoms with Crippen LogP contribution in [0, 0.1) is 0 Å². The van der Waals surface area contributed by atoms with Crippen LogP contribution in [0.4, 0.5) is 5.69 Å². The maximum atomic E-state index is 12.2. The Morgan fingerprint density at radius 1 is 1.11 bits per heavy atom. The van der Waals surface area contributed by atoms with Crippen LogP contribution in [0.3, 0.4) is 0 Å². The molecule has 142 valence electrons. The van der Waals surface area contributed by atoms with E-state index in [2.05, 4.69) is 9.98 Å². The largest absolute Gasteiger partial charge is 0.494 e. The predicted octanol–water partition coefficient (Wildman–Crippen LogP) is 2.59. The van der Waals surface area contributed by atoms with E-state index in [-0.39, 0.29) is 23.0 Å². The van der Waals surface area contributed by atoms with Crippen molar-refractivity contribution >= 4 is 17.9 Å². The average Bonchev–Trinajstić information content (AvgIpc) is 2.91. The molecule has 1 aromatic heterocycles. The number of aromatic carboxylic acids is 1. The molecule has 1 fully saturated rings. The normalized spacial score (nSPS) is 15.7. The van der Waals surface area contributed by atoms with Crippen LogP contribution in [0.5, 0.6) is 5.88 Å². The van der Waals surface area contributed by atoms with Crippen LogP contribution in [0.1, 0.15) is 60.5 Å². The Hall–Kier alpha value is -3.16. The maximum absolute atomic E-state index is 12.2. The number of carboxylic acid groups (broad SMARTS) is 1. The lowest BCUT2D eigenvalue weighted by molar-refractivity contribution is 0.0697. The topological polar surface area (TPSA) is 125 Å². The van der Waals surface area contributed by atoms with Crippen molar-refractivity contribution in [1.82, 2.24) is 9.55 Å². The van der Waals surface area contributed by atoms with Gasteiger partial charge in [-0.05, 0) is 37.1 Å². The summed E-state index contributed by atoms with van der Waals surface area (Å²) in [4.78, 5) is 41.6. The summed E-state index contributed by atoms with van der Waals surface area (Å²) in [6.45, 7) is 0. The first-order valence-electron chi connectivity index (χ1n) is 8.92. The summed E-state index contributed by atoms with van der Waals surface area (Å²) in [6, 6.07) is 5.62. The fourth-order valence-electron chi connectivity index (χ4n) is 3.35. The van der Waals surface area contributed by atoms with Gasteiger partial charge in [0.2, 0.25) is 5.88 Å². The number of rotatable bonds is 4. The highest BCUT2D eigenvalue weighted by Crippen LogP contribution is 2.29. The van der Waals surface area contributed by atoms with E-state index in [1.54, 1.807) is 0 Å². The van der Waals surface area contributed by atoms with Crippen molar-refractivity contribution < 1.29 is 15.0 Å². The Bertz CT molecular complexity index is 964. The Labute approximate surface area is 154 Å². The Morgan fingerprint density at radius 2 is 1.74 bits per heavy atom. The van der Waals surface area contributed by atoms with Gasteiger partial charge in [-0.25, -0.2) is 9.59 Å². The number of hydrogen-bond donors (Lipinski definition) is 3. The number of aromatic nitrogens is 2. The lowest BCUT2D eigenvalue weighted by Crippen LogP contribution is -2.34. The van der Waals surface area contributed by atoms with E-state index in [0.29, 0.717) is 5.69 Å². The first-order chi connectivity index (χ1) is 13.0. The number of nitrogens with one attached hydrogen (secondary N) is 1. The fourth-order valence-corrected chi connectivity index (χ4v) is 3.35. The van der Waals surface area contributed by atoms with Crippen LogP contribution in [0.25, 0.3) is 0 Å². The number of aliphatic imine (C=N–C) groups is 1. The van der Waals surface area contributed by atoms with Gasteiger partial charge in [0.15, 0.2) is 0 Å². The van der Waals surface area contributed by atoms with Crippen LogP contribution >= 0.6 is 0 Å². The molecule has 0 bridgehead atoms. The molecule has 1 heterocycles. The van der Waals surface area contributed by atoms with Gasteiger partial charge in [0.1, 0.15) is 5.56 Å². The molecule has 27 heavy (non-hydrogen) atoms. The molecule has 3 N–H and O–H groups in total. The van der Waals surface area contributed by atoms with Crippen molar-refractivity contribution in [3.05, 3.63) is 56.2 Å². The zero-order chi connectivity index (χ0) is 19.4. The molecule has 8 nitrogen and oxygen atoms in total. The summed E-state index contributed by atoms with van der Waals surface area (Å²) in [6.07, 6.45) is 6.85. The number of aromatic hydroxyl groups is 1. The SMILES string of the molecule is O=C(O)c1ccc(N=Cc2c(O)n(C3CCCCCC3)c(=O)[nH]c2=O)cc1. The molecule has 1 aromatic carbocycles. The van der Waals surface area contributed by atoms with Crippen molar-refractivity contribution in [2.24, 2.45) is 4.99 Å². The van der Waals surface area contributed by atoms with Gasteiger partial charge in [-0.2, -0.15) is 0 Å². The van der Waals surface area contributed by atoms with E-state index in [9.17, 15) is 19.5 Å². The lowest BCUT2D eigenvalue weighted by atomic mass is 10.1. The van der Waals surface area contributed by atoms with Gasteiger partial charge in [0, 0.05) is 12.3 Å². The number of carboxylic acids is 1. The van der Waals surface area contributed by atoms with Gasteiger partial charge in [0.25, 0.3) is 5.56 Å². The van der Waals surface area contributed by atoms with Gasteiger partial charge in [-0.15, -0.1) is 0 Å². The van der Waals surface area contributed by atoms with Gasteiger partial charge in [0.05, 0.1) is 11.3 Å². The van der Waals surface area contributed by atoms with E-state index in [1.165, 1.54) is 35.0 Å². The lowest BCUT2D eigenvalue weighted by Gasteiger charge is -2.19. The van der Waals surface area contributed by atoms with E-state index in [4.69, 9.17) is 5.11 Å². The fraction of sp³-hybridized carbons (Fsp3) is 0.368.